The van der Waals surface area contributed by atoms with Gasteiger partial charge in [-0.2, -0.15) is 0 Å². The Balaban J connectivity index is 1.51. The Morgan fingerprint density at radius 1 is 1.11 bits per heavy atom. The molecule has 140 valence electrons. The van der Waals surface area contributed by atoms with Gasteiger partial charge in [0.15, 0.2) is 0 Å². The van der Waals surface area contributed by atoms with Gasteiger partial charge < -0.3 is 9.84 Å². The lowest BCUT2D eigenvalue weighted by molar-refractivity contribution is 0.0594. The molecular weight excluding hydrogens is 365 g/mol. The lowest BCUT2D eigenvalue weighted by atomic mass is 9.96. The first-order valence-electron chi connectivity index (χ1n) is 9.00. The van der Waals surface area contributed by atoms with Gasteiger partial charge in [0.1, 0.15) is 18.0 Å². The summed E-state index contributed by atoms with van der Waals surface area (Å²) in [5.74, 6) is 0.416. The number of ether oxygens (including phenoxy) is 1. The van der Waals surface area contributed by atoms with Gasteiger partial charge >= 0.3 is 0 Å². The fraction of sp³-hybridized carbons (Fsp3) is 0.350. The summed E-state index contributed by atoms with van der Waals surface area (Å²) in [4.78, 5) is 4.43. The van der Waals surface area contributed by atoms with Crippen LogP contribution in [0.15, 0.2) is 35.7 Å². The summed E-state index contributed by atoms with van der Waals surface area (Å²) in [5, 5.41) is 21.5. The van der Waals surface area contributed by atoms with E-state index in [1.807, 2.05) is 18.4 Å². The Hall–Kier alpha value is -2.54. The molecule has 1 fully saturated rings. The molecule has 2 atom stereocenters. The Bertz CT molecular complexity index is 929. The van der Waals surface area contributed by atoms with E-state index in [4.69, 9.17) is 4.74 Å². The Morgan fingerprint density at radius 2 is 1.96 bits per heavy atom. The van der Waals surface area contributed by atoms with Crippen LogP contribution >= 0.6 is 11.3 Å². The van der Waals surface area contributed by atoms with Gasteiger partial charge in [-0.1, -0.05) is 12.5 Å². The third-order valence-electron chi connectivity index (χ3n) is 4.72. The van der Waals surface area contributed by atoms with Crippen LogP contribution in [-0.2, 0) is 0 Å². The van der Waals surface area contributed by atoms with Gasteiger partial charge in [-0.25, -0.2) is 9.37 Å². The molecule has 0 saturated heterocycles. The Morgan fingerprint density at radius 3 is 2.63 bits per heavy atom. The van der Waals surface area contributed by atoms with Crippen LogP contribution in [0.3, 0.4) is 0 Å². The minimum atomic E-state index is -0.953. The van der Waals surface area contributed by atoms with Crippen molar-refractivity contribution in [2.24, 2.45) is 0 Å². The molecule has 0 amide bonds. The number of benzene rings is 1. The number of hydrogen-bond donors (Lipinski definition) is 1. The normalized spacial score (nSPS) is 19.8. The summed E-state index contributed by atoms with van der Waals surface area (Å²) in [6, 6.07) is 8.75. The van der Waals surface area contributed by atoms with Crippen molar-refractivity contribution in [1.29, 1.82) is 0 Å². The maximum atomic E-state index is 13.9. The number of rotatable bonds is 4. The second-order valence-corrected chi connectivity index (χ2v) is 7.76. The van der Waals surface area contributed by atoms with E-state index in [9.17, 15) is 9.50 Å². The highest BCUT2D eigenvalue weighted by Crippen LogP contribution is 2.33. The molecule has 0 unspecified atom stereocenters. The highest BCUT2D eigenvalue weighted by atomic mass is 32.1. The number of nitrogens with zero attached hydrogens (tertiary/aromatic N) is 3. The molecule has 0 spiro atoms. The second-order valence-electron chi connectivity index (χ2n) is 6.70. The molecule has 7 heteroatoms. The van der Waals surface area contributed by atoms with Crippen LogP contribution in [0, 0.1) is 6.92 Å². The summed E-state index contributed by atoms with van der Waals surface area (Å²) in [5.41, 5.74) is 2.79. The quantitative estimate of drug-likeness (QED) is 0.689. The van der Waals surface area contributed by atoms with E-state index in [1.165, 1.54) is 0 Å². The smallest absolute Gasteiger partial charge is 0.233 e. The summed E-state index contributed by atoms with van der Waals surface area (Å²) in [6.07, 6.45) is 1.70. The standard InChI is InChI=1S/C20H20FN3O2S/c1-12-22-17(11-27-12)13-6-7-14(18(25)10-13)16-8-9-20(24-23-16)26-19-5-3-2-4-15(19)21/h6-11,15,19,25H,2-5H2,1H3/t15-,19+/m0/s1. The molecule has 27 heavy (non-hydrogen) atoms. The lowest BCUT2D eigenvalue weighted by Crippen LogP contribution is -2.32. The summed E-state index contributed by atoms with van der Waals surface area (Å²) >= 11 is 1.57. The van der Waals surface area contributed by atoms with Crippen LogP contribution in [0.25, 0.3) is 22.5 Å². The van der Waals surface area contributed by atoms with Gasteiger partial charge in [0, 0.05) is 22.6 Å². The molecule has 1 N–H and O–H groups in total. The average molecular weight is 385 g/mol. The van der Waals surface area contributed by atoms with Crippen molar-refractivity contribution in [3.63, 3.8) is 0 Å². The Labute approximate surface area is 160 Å². The molecule has 1 aromatic carbocycles. The van der Waals surface area contributed by atoms with E-state index in [2.05, 4.69) is 15.2 Å². The van der Waals surface area contributed by atoms with Crippen molar-refractivity contribution < 1.29 is 14.2 Å². The van der Waals surface area contributed by atoms with Crippen molar-refractivity contribution in [2.45, 2.75) is 44.9 Å². The molecule has 3 aromatic rings. The molecule has 0 radical (unpaired) electrons. The van der Waals surface area contributed by atoms with Crippen molar-refractivity contribution in [1.82, 2.24) is 15.2 Å². The second kappa shape index (κ2) is 7.60. The van der Waals surface area contributed by atoms with E-state index in [1.54, 1.807) is 35.6 Å². The monoisotopic (exact) mass is 385 g/mol. The van der Waals surface area contributed by atoms with Gasteiger partial charge in [-0.15, -0.1) is 21.5 Å². The van der Waals surface area contributed by atoms with Crippen molar-refractivity contribution in [3.05, 3.63) is 40.7 Å². The maximum Gasteiger partial charge on any atom is 0.233 e. The largest absolute Gasteiger partial charge is 0.507 e. The van der Waals surface area contributed by atoms with Gasteiger partial charge in [0.25, 0.3) is 0 Å². The predicted octanol–water partition coefficient (Wildman–Crippen LogP) is 4.94. The molecule has 5 nitrogen and oxygen atoms in total. The number of halogens is 1. The summed E-state index contributed by atoms with van der Waals surface area (Å²) in [6.45, 7) is 1.94. The zero-order chi connectivity index (χ0) is 18.8. The molecule has 4 rings (SSSR count). The molecule has 0 bridgehead atoms. The van der Waals surface area contributed by atoms with Crippen LogP contribution in [-0.4, -0.2) is 32.6 Å². The molecule has 1 aliphatic carbocycles. The van der Waals surface area contributed by atoms with Crippen LogP contribution in [0.5, 0.6) is 11.6 Å². The fourth-order valence-electron chi connectivity index (χ4n) is 3.27. The average Bonchev–Trinajstić information content (AvgIpc) is 3.11. The minimum Gasteiger partial charge on any atom is -0.507 e. The molecule has 2 heterocycles. The highest BCUT2D eigenvalue weighted by Gasteiger charge is 2.26. The first-order chi connectivity index (χ1) is 13.1. The van der Waals surface area contributed by atoms with Crippen molar-refractivity contribution in [3.8, 4) is 34.1 Å². The molecule has 1 saturated carbocycles. The van der Waals surface area contributed by atoms with Gasteiger partial charge in [-0.3, -0.25) is 0 Å². The number of phenols is 1. The third kappa shape index (κ3) is 3.93. The van der Waals surface area contributed by atoms with Crippen molar-refractivity contribution in [2.75, 3.05) is 0 Å². The van der Waals surface area contributed by atoms with Gasteiger partial charge in [0.2, 0.25) is 5.88 Å². The van der Waals surface area contributed by atoms with Crippen LogP contribution in [0.1, 0.15) is 30.7 Å². The highest BCUT2D eigenvalue weighted by molar-refractivity contribution is 7.09. The predicted molar refractivity (Wildman–Crippen MR) is 103 cm³/mol. The number of aromatic nitrogens is 3. The lowest BCUT2D eigenvalue weighted by Gasteiger charge is -2.25. The molecular formula is C20H20FN3O2S. The van der Waals surface area contributed by atoms with E-state index in [0.717, 1.165) is 29.1 Å². The third-order valence-corrected chi connectivity index (χ3v) is 5.50. The molecule has 2 aromatic heterocycles. The number of thiazole rings is 1. The van der Waals surface area contributed by atoms with E-state index in [0.29, 0.717) is 30.0 Å². The number of alkyl halides is 1. The Kier molecular flexibility index (Phi) is 5.03. The number of aromatic hydroxyl groups is 1. The first kappa shape index (κ1) is 17.9. The fourth-order valence-corrected chi connectivity index (χ4v) is 3.89. The van der Waals surface area contributed by atoms with E-state index < -0.39 is 12.3 Å². The molecule has 0 aliphatic heterocycles. The minimum absolute atomic E-state index is 0.109. The van der Waals surface area contributed by atoms with E-state index >= 15 is 0 Å². The maximum absolute atomic E-state index is 13.9. The number of phenolic OH excluding ortho intramolecular Hbond substituents is 1. The molecule has 1 aliphatic rings. The zero-order valence-corrected chi connectivity index (χ0v) is 15.7. The van der Waals surface area contributed by atoms with Crippen LogP contribution in [0.4, 0.5) is 4.39 Å². The van der Waals surface area contributed by atoms with Crippen LogP contribution in [0.2, 0.25) is 0 Å². The van der Waals surface area contributed by atoms with Crippen molar-refractivity contribution >= 4 is 11.3 Å². The van der Waals surface area contributed by atoms with E-state index in [-0.39, 0.29) is 5.75 Å². The van der Waals surface area contributed by atoms with Gasteiger partial charge in [0.05, 0.1) is 16.4 Å². The van der Waals surface area contributed by atoms with Gasteiger partial charge in [-0.05, 0) is 44.4 Å². The number of hydrogen-bond acceptors (Lipinski definition) is 6. The number of aryl methyl sites for hydroxylation is 1. The zero-order valence-electron chi connectivity index (χ0n) is 14.9. The van der Waals surface area contributed by atoms with Crippen LogP contribution < -0.4 is 4.74 Å². The summed E-state index contributed by atoms with van der Waals surface area (Å²) < 4.78 is 19.5. The summed E-state index contributed by atoms with van der Waals surface area (Å²) in [7, 11) is 0. The first-order valence-corrected chi connectivity index (χ1v) is 9.88. The SMILES string of the molecule is Cc1nc(-c2ccc(-c3ccc(O[C@@H]4CCCC[C@@H]4F)nn3)c(O)c2)cs1. The topological polar surface area (TPSA) is 68.1 Å².